The fraction of sp³-hybridized carbons (Fsp3) is 0.318. The van der Waals surface area contributed by atoms with Crippen LogP contribution in [0.25, 0.3) is 10.9 Å². The van der Waals surface area contributed by atoms with Gasteiger partial charge in [-0.25, -0.2) is 9.97 Å². The summed E-state index contributed by atoms with van der Waals surface area (Å²) in [5.74, 6) is 1.56. The van der Waals surface area contributed by atoms with Crippen molar-refractivity contribution in [2.75, 3.05) is 45.8 Å². The number of fused-ring (bicyclic) bond motifs is 1. The molecule has 0 atom stereocenters. The number of carbonyl (C=O) groups is 1. The Morgan fingerprint density at radius 2 is 2.03 bits per heavy atom. The number of hydrogen-bond donors (Lipinski definition) is 1. The van der Waals surface area contributed by atoms with Crippen LogP contribution in [0, 0.1) is 0 Å². The van der Waals surface area contributed by atoms with E-state index in [1.165, 1.54) is 6.33 Å². The van der Waals surface area contributed by atoms with Gasteiger partial charge in [-0.3, -0.25) is 9.69 Å². The number of likely N-dealkylation sites (N-methyl/N-ethyl adjacent to an activating group) is 1. The summed E-state index contributed by atoms with van der Waals surface area (Å²) in [6.07, 6.45) is 1.51. The Morgan fingerprint density at radius 3 is 2.77 bits per heavy atom. The van der Waals surface area contributed by atoms with Crippen LogP contribution >= 0.6 is 15.9 Å². The Hall–Kier alpha value is -2.91. The maximum Gasteiger partial charge on any atom is 0.320 e. The molecule has 1 aromatic heterocycles. The van der Waals surface area contributed by atoms with Crippen LogP contribution in [0.5, 0.6) is 11.5 Å². The Kier molecular flexibility index (Phi) is 8.02. The molecular weight excluding hydrogens is 464 g/mol. The maximum atomic E-state index is 11.6. The van der Waals surface area contributed by atoms with E-state index in [1.807, 2.05) is 48.3 Å². The minimum absolute atomic E-state index is 0.209. The lowest BCUT2D eigenvalue weighted by Crippen LogP contribution is -2.31. The van der Waals surface area contributed by atoms with Gasteiger partial charge in [0.15, 0.2) is 11.5 Å². The number of esters is 1. The summed E-state index contributed by atoms with van der Waals surface area (Å²) in [7, 11) is 3.43. The van der Waals surface area contributed by atoms with E-state index in [4.69, 9.17) is 14.2 Å². The summed E-state index contributed by atoms with van der Waals surface area (Å²) in [6, 6.07) is 11.5. The average Bonchev–Trinajstić information content (AvgIpc) is 2.73. The van der Waals surface area contributed by atoms with E-state index >= 15 is 0 Å². The molecule has 9 heteroatoms. The number of carbonyl (C=O) groups excluding carboxylic acids is 1. The van der Waals surface area contributed by atoms with Gasteiger partial charge in [-0.05, 0) is 38.2 Å². The number of ether oxygens (including phenoxy) is 3. The van der Waals surface area contributed by atoms with E-state index < -0.39 is 0 Å². The van der Waals surface area contributed by atoms with Crippen LogP contribution in [-0.4, -0.2) is 61.3 Å². The Labute approximate surface area is 189 Å². The van der Waals surface area contributed by atoms with E-state index in [9.17, 15) is 4.79 Å². The van der Waals surface area contributed by atoms with E-state index in [0.717, 1.165) is 21.1 Å². The van der Waals surface area contributed by atoms with Crippen molar-refractivity contribution >= 4 is 44.3 Å². The van der Waals surface area contributed by atoms with Gasteiger partial charge in [-0.2, -0.15) is 0 Å². The minimum atomic E-state index is -0.256. The van der Waals surface area contributed by atoms with Gasteiger partial charge in [0, 0.05) is 28.2 Å². The van der Waals surface area contributed by atoms with Gasteiger partial charge in [0.25, 0.3) is 0 Å². The van der Waals surface area contributed by atoms with Gasteiger partial charge < -0.3 is 19.5 Å². The van der Waals surface area contributed by atoms with Crippen LogP contribution in [0.1, 0.15) is 6.92 Å². The molecule has 0 unspecified atom stereocenters. The number of nitrogens with one attached hydrogen (secondary N) is 1. The summed E-state index contributed by atoms with van der Waals surface area (Å²) in [6.45, 7) is 3.29. The molecule has 0 aliphatic rings. The third kappa shape index (κ3) is 6.28. The van der Waals surface area contributed by atoms with Crippen LogP contribution in [0.2, 0.25) is 0 Å². The van der Waals surface area contributed by atoms with Crippen molar-refractivity contribution in [2.24, 2.45) is 0 Å². The average molecular weight is 489 g/mol. The van der Waals surface area contributed by atoms with Crippen molar-refractivity contribution in [2.45, 2.75) is 6.92 Å². The second-order valence-corrected chi connectivity index (χ2v) is 7.68. The molecule has 0 aliphatic carbocycles. The molecule has 1 N–H and O–H groups in total. The van der Waals surface area contributed by atoms with Crippen LogP contribution in [0.3, 0.4) is 0 Å². The number of hydrogen-bond acceptors (Lipinski definition) is 8. The SMILES string of the molecule is CCOC(=O)CN(C)CCOc1cc2c(Nc3cccc(Br)c3)ncnc2cc1OC. The summed E-state index contributed by atoms with van der Waals surface area (Å²) in [4.78, 5) is 22.2. The van der Waals surface area contributed by atoms with Crippen molar-refractivity contribution in [1.29, 1.82) is 0 Å². The Morgan fingerprint density at radius 1 is 1.19 bits per heavy atom. The first-order valence-corrected chi connectivity index (χ1v) is 10.6. The molecule has 8 nitrogen and oxygen atoms in total. The highest BCUT2D eigenvalue weighted by atomic mass is 79.9. The zero-order valence-corrected chi connectivity index (χ0v) is 19.3. The van der Waals surface area contributed by atoms with Crippen LogP contribution in [0.15, 0.2) is 47.2 Å². The van der Waals surface area contributed by atoms with E-state index in [0.29, 0.717) is 37.1 Å². The summed E-state index contributed by atoms with van der Waals surface area (Å²) in [5.41, 5.74) is 1.63. The van der Waals surface area contributed by atoms with Gasteiger partial charge in [-0.1, -0.05) is 22.0 Å². The molecule has 31 heavy (non-hydrogen) atoms. The fourth-order valence-electron chi connectivity index (χ4n) is 2.96. The first-order valence-electron chi connectivity index (χ1n) is 9.82. The first-order chi connectivity index (χ1) is 15.0. The number of anilines is 2. The standard InChI is InChI=1S/C22H25BrN4O4/c1-4-30-21(28)13-27(2)8-9-31-20-11-17-18(12-19(20)29-3)24-14-25-22(17)26-16-7-5-6-15(23)10-16/h5-7,10-12,14H,4,8-9,13H2,1-3H3,(H,24,25,26). The third-order valence-corrected chi connectivity index (χ3v) is 4.94. The summed E-state index contributed by atoms with van der Waals surface area (Å²) in [5, 5.41) is 4.13. The first kappa shape index (κ1) is 22.8. The van der Waals surface area contributed by atoms with Crippen LogP contribution < -0.4 is 14.8 Å². The zero-order chi connectivity index (χ0) is 22.2. The number of nitrogens with zero attached hydrogens (tertiary/aromatic N) is 3. The van der Waals surface area contributed by atoms with Gasteiger partial charge in [-0.15, -0.1) is 0 Å². The molecule has 0 radical (unpaired) electrons. The number of methoxy groups -OCH3 is 1. The molecule has 2 aromatic carbocycles. The van der Waals surface area contributed by atoms with Crippen molar-refractivity contribution in [3.63, 3.8) is 0 Å². The summed E-state index contributed by atoms with van der Waals surface area (Å²) >= 11 is 3.48. The monoisotopic (exact) mass is 488 g/mol. The molecule has 1 heterocycles. The molecule has 0 saturated carbocycles. The highest BCUT2D eigenvalue weighted by molar-refractivity contribution is 9.10. The van der Waals surface area contributed by atoms with Gasteiger partial charge >= 0.3 is 5.97 Å². The Balaban J connectivity index is 1.77. The number of benzene rings is 2. The second kappa shape index (κ2) is 10.9. The van der Waals surface area contributed by atoms with Crippen molar-refractivity contribution < 1.29 is 19.0 Å². The van der Waals surface area contributed by atoms with E-state index in [-0.39, 0.29) is 12.5 Å². The highest BCUT2D eigenvalue weighted by Crippen LogP contribution is 2.34. The second-order valence-electron chi connectivity index (χ2n) is 6.77. The molecule has 0 bridgehead atoms. The van der Waals surface area contributed by atoms with Gasteiger partial charge in [0.1, 0.15) is 18.8 Å². The van der Waals surface area contributed by atoms with Gasteiger partial charge in [0.2, 0.25) is 0 Å². The lowest BCUT2D eigenvalue weighted by atomic mass is 10.2. The number of rotatable bonds is 10. The topological polar surface area (TPSA) is 85.8 Å². The predicted octanol–water partition coefficient (Wildman–Crippen LogP) is 4.02. The maximum absolute atomic E-state index is 11.6. The fourth-order valence-corrected chi connectivity index (χ4v) is 3.36. The largest absolute Gasteiger partial charge is 0.493 e. The lowest BCUT2D eigenvalue weighted by molar-refractivity contribution is -0.144. The summed E-state index contributed by atoms with van der Waals surface area (Å²) < 4.78 is 17.4. The van der Waals surface area contributed by atoms with Crippen molar-refractivity contribution in [3.8, 4) is 11.5 Å². The number of aromatic nitrogens is 2. The molecular formula is C22H25BrN4O4. The molecule has 3 aromatic rings. The van der Waals surface area contributed by atoms with Crippen molar-refractivity contribution in [1.82, 2.24) is 14.9 Å². The van der Waals surface area contributed by atoms with Crippen LogP contribution in [-0.2, 0) is 9.53 Å². The van der Waals surface area contributed by atoms with Crippen molar-refractivity contribution in [3.05, 3.63) is 47.2 Å². The van der Waals surface area contributed by atoms with Crippen LogP contribution in [0.4, 0.5) is 11.5 Å². The molecule has 3 rings (SSSR count). The molecule has 164 valence electrons. The molecule has 0 amide bonds. The number of halogens is 1. The normalized spacial score (nSPS) is 10.9. The quantitative estimate of drug-likeness (QED) is 0.428. The molecule has 0 fully saturated rings. The third-order valence-electron chi connectivity index (χ3n) is 4.44. The molecule has 0 saturated heterocycles. The van der Waals surface area contributed by atoms with E-state index in [1.54, 1.807) is 14.0 Å². The molecule has 0 aliphatic heterocycles. The van der Waals surface area contributed by atoms with Gasteiger partial charge in [0.05, 0.1) is 25.8 Å². The lowest BCUT2D eigenvalue weighted by Gasteiger charge is -2.17. The predicted molar refractivity (Wildman–Crippen MR) is 123 cm³/mol. The molecule has 0 spiro atoms. The Bertz CT molecular complexity index is 1050. The van der Waals surface area contributed by atoms with E-state index in [2.05, 4.69) is 31.2 Å². The highest BCUT2D eigenvalue weighted by Gasteiger charge is 2.13. The smallest absolute Gasteiger partial charge is 0.320 e. The zero-order valence-electron chi connectivity index (χ0n) is 17.7. The minimum Gasteiger partial charge on any atom is -0.493 e.